The maximum absolute atomic E-state index is 12.5. The van der Waals surface area contributed by atoms with Crippen molar-refractivity contribution in [3.63, 3.8) is 0 Å². The van der Waals surface area contributed by atoms with Crippen LogP contribution in [0.1, 0.15) is 30.6 Å². The van der Waals surface area contributed by atoms with E-state index in [1.54, 1.807) is 12.3 Å². The van der Waals surface area contributed by atoms with Gasteiger partial charge in [-0.2, -0.15) is 0 Å². The highest BCUT2D eigenvalue weighted by Crippen LogP contribution is 2.27. The number of hydrogen-bond acceptors (Lipinski definition) is 4. The van der Waals surface area contributed by atoms with E-state index in [4.69, 9.17) is 5.84 Å². The molecule has 0 bridgehead atoms. The molecule has 2 heterocycles. The third kappa shape index (κ3) is 3.06. The zero-order valence-corrected chi connectivity index (χ0v) is 12.8. The number of amides is 1. The van der Waals surface area contributed by atoms with Crippen LogP contribution in [-0.2, 0) is 0 Å². The van der Waals surface area contributed by atoms with E-state index in [0.29, 0.717) is 23.2 Å². The van der Waals surface area contributed by atoms with Crippen LogP contribution in [0.5, 0.6) is 0 Å². The number of pyridine rings is 1. The number of rotatable bonds is 3. The molecule has 1 aliphatic rings. The zero-order valence-electron chi connectivity index (χ0n) is 11.2. The predicted octanol–water partition coefficient (Wildman–Crippen LogP) is 2.25. The molecule has 0 aromatic carbocycles. The van der Waals surface area contributed by atoms with Gasteiger partial charge in [-0.25, -0.2) is 10.8 Å². The number of likely N-dealkylation sites (tertiary alicyclic amines) is 1. The molecule has 104 valence electrons. The fourth-order valence-corrected chi connectivity index (χ4v) is 2.73. The van der Waals surface area contributed by atoms with Gasteiger partial charge in [0.05, 0.1) is 5.56 Å². The lowest BCUT2D eigenvalue weighted by Gasteiger charge is -2.19. The Morgan fingerprint density at radius 1 is 1.63 bits per heavy atom. The van der Waals surface area contributed by atoms with Gasteiger partial charge in [0.15, 0.2) is 5.82 Å². The van der Waals surface area contributed by atoms with Crippen LogP contribution < -0.4 is 11.3 Å². The quantitative estimate of drug-likeness (QED) is 0.660. The Morgan fingerprint density at radius 2 is 2.37 bits per heavy atom. The van der Waals surface area contributed by atoms with Gasteiger partial charge in [-0.15, -0.1) is 0 Å². The van der Waals surface area contributed by atoms with Gasteiger partial charge in [0.1, 0.15) is 0 Å². The maximum Gasteiger partial charge on any atom is 0.257 e. The van der Waals surface area contributed by atoms with Crippen molar-refractivity contribution >= 4 is 27.7 Å². The van der Waals surface area contributed by atoms with Gasteiger partial charge in [-0.3, -0.25) is 4.79 Å². The number of nitrogens with one attached hydrogen (secondary N) is 1. The van der Waals surface area contributed by atoms with Gasteiger partial charge < -0.3 is 10.3 Å². The standard InChI is InChI=1S/C13H19BrN4O/c1-8(2)9-3-4-18(7-9)13(19)11-5-10(14)6-16-12(11)17-15/h5-6,8-9H,3-4,7,15H2,1-2H3,(H,16,17). The molecule has 1 atom stereocenters. The fourth-order valence-electron chi connectivity index (χ4n) is 2.40. The van der Waals surface area contributed by atoms with E-state index in [1.165, 1.54) is 0 Å². The number of nitrogens with two attached hydrogens (primary N) is 1. The Bertz CT molecular complexity index is 478. The second kappa shape index (κ2) is 5.88. The number of carbonyl (C=O) groups excluding carboxylic acids is 1. The van der Waals surface area contributed by atoms with E-state index >= 15 is 0 Å². The summed E-state index contributed by atoms with van der Waals surface area (Å²) in [6.45, 7) is 6.02. The minimum Gasteiger partial charge on any atom is -0.338 e. The molecule has 2 rings (SSSR count). The van der Waals surface area contributed by atoms with Crippen molar-refractivity contribution in [3.05, 3.63) is 22.3 Å². The van der Waals surface area contributed by atoms with E-state index in [1.807, 2.05) is 4.90 Å². The summed E-state index contributed by atoms with van der Waals surface area (Å²) in [7, 11) is 0. The molecule has 19 heavy (non-hydrogen) atoms. The summed E-state index contributed by atoms with van der Waals surface area (Å²) < 4.78 is 0.773. The van der Waals surface area contributed by atoms with E-state index in [0.717, 1.165) is 24.0 Å². The Labute approximate surface area is 121 Å². The first-order valence-corrected chi connectivity index (χ1v) is 7.23. The highest BCUT2D eigenvalue weighted by atomic mass is 79.9. The minimum absolute atomic E-state index is 0.00935. The Balaban J connectivity index is 2.19. The van der Waals surface area contributed by atoms with Crippen LogP contribution in [0.25, 0.3) is 0 Å². The molecule has 1 amide bonds. The SMILES string of the molecule is CC(C)C1CCN(C(=O)c2cc(Br)cnc2NN)C1. The molecule has 0 radical (unpaired) electrons. The summed E-state index contributed by atoms with van der Waals surface area (Å²) in [6.07, 6.45) is 2.68. The molecule has 1 aromatic heterocycles. The first-order chi connectivity index (χ1) is 9.02. The molecule has 1 unspecified atom stereocenters. The summed E-state index contributed by atoms with van der Waals surface area (Å²) in [6, 6.07) is 1.76. The Hall–Kier alpha value is -1.14. The van der Waals surface area contributed by atoms with Crippen molar-refractivity contribution in [2.75, 3.05) is 18.5 Å². The second-order valence-corrected chi connectivity index (χ2v) is 6.15. The Morgan fingerprint density at radius 3 is 2.95 bits per heavy atom. The van der Waals surface area contributed by atoms with Crippen LogP contribution in [0, 0.1) is 11.8 Å². The van der Waals surface area contributed by atoms with Gasteiger partial charge in [-0.05, 0) is 40.3 Å². The third-order valence-electron chi connectivity index (χ3n) is 3.68. The molecule has 1 aromatic rings. The summed E-state index contributed by atoms with van der Waals surface area (Å²) in [5.41, 5.74) is 3.00. The monoisotopic (exact) mass is 326 g/mol. The van der Waals surface area contributed by atoms with Gasteiger partial charge in [0.2, 0.25) is 0 Å². The molecule has 5 nitrogen and oxygen atoms in total. The number of nitrogens with zero attached hydrogens (tertiary/aromatic N) is 2. The van der Waals surface area contributed by atoms with Gasteiger partial charge in [0, 0.05) is 23.8 Å². The maximum atomic E-state index is 12.5. The van der Waals surface area contributed by atoms with Gasteiger partial charge >= 0.3 is 0 Å². The number of anilines is 1. The number of halogens is 1. The molecule has 0 saturated carbocycles. The lowest BCUT2D eigenvalue weighted by atomic mass is 9.95. The van der Waals surface area contributed by atoms with Crippen LogP contribution in [0.3, 0.4) is 0 Å². The third-order valence-corrected chi connectivity index (χ3v) is 4.11. The van der Waals surface area contributed by atoms with Gasteiger partial charge in [-0.1, -0.05) is 13.8 Å². The normalized spacial score (nSPS) is 19.0. The Kier molecular flexibility index (Phi) is 4.42. The van der Waals surface area contributed by atoms with E-state index in [2.05, 4.69) is 40.2 Å². The largest absolute Gasteiger partial charge is 0.338 e. The molecule has 0 aliphatic carbocycles. The molecule has 1 fully saturated rings. The highest BCUT2D eigenvalue weighted by molar-refractivity contribution is 9.10. The summed E-state index contributed by atoms with van der Waals surface area (Å²) in [5.74, 6) is 7.01. The number of hydrazine groups is 1. The molecule has 1 saturated heterocycles. The number of hydrogen-bond donors (Lipinski definition) is 2. The first kappa shape index (κ1) is 14.3. The van der Waals surface area contributed by atoms with Crippen LogP contribution >= 0.6 is 15.9 Å². The number of carbonyl (C=O) groups is 1. The topological polar surface area (TPSA) is 71.2 Å². The van der Waals surface area contributed by atoms with Crippen molar-refractivity contribution in [1.82, 2.24) is 9.88 Å². The van der Waals surface area contributed by atoms with Crippen LogP contribution in [0.2, 0.25) is 0 Å². The van der Waals surface area contributed by atoms with Gasteiger partial charge in [0.25, 0.3) is 5.91 Å². The molecular formula is C13H19BrN4O. The molecule has 0 spiro atoms. The van der Waals surface area contributed by atoms with Crippen molar-refractivity contribution in [1.29, 1.82) is 0 Å². The van der Waals surface area contributed by atoms with Crippen LogP contribution in [0.4, 0.5) is 5.82 Å². The number of aromatic nitrogens is 1. The molecule has 6 heteroatoms. The highest BCUT2D eigenvalue weighted by Gasteiger charge is 2.29. The predicted molar refractivity (Wildman–Crippen MR) is 78.6 cm³/mol. The van der Waals surface area contributed by atoms with Crippen molar-refractivity contribution in [2.24, 2.45) is 17.7 Å². The second-order valence-electron chi connectivity index (χ2n) is 5.24. The number of nitrogen functional groups attached to an aromatic ring is 1. The fraction of sp³-hybridized carbons (Fsp3) is 0.538. The van der Waals surface area contributed by atoms with Crippen LogP contribution in [0.15, 0.2) is 16.7 Å². The summed E-state index contributed by atoms with van der Waals surface area (Å²) >= 11 is 3.34. The minimum atomic E-state index is -0.00935. The first-order valence-electron chi connectivity index (χ1n) is 6.44. The van der Waals surface area contributed by atoms with Crippen molar-refractivity contribution in [3.8, 4) is 0 Å². The summed E-state index contributed by atoms with van der Waals surface area (Å²) in [5, 5.41) is 0. The van der Waals surface area contributed by atoms with Crippen LogP contribution in [-0.4, -0.2) is 28.9 Å². The molecule has 1 aliphatic heterocycles. The lowest BCUT2D eigenvalue weighted by Crippen LogP contribution is -2.30. The lowest BCUT2D eigenvalue weighted by molar-refractivity contribution is 0.0784. The van der Waals surface area contributed by atoms with E-state index in [9.17, 15) is 4.79 Å². The van der Waals surface area contributed by atoms with E-state index in [-0.39, 0.29) is 5.91 Å². The molecular weight excluding hydrogens is 308 g/mol. The van der Waals surface area contributed by atoms with E-state index < -0.39 is 0 Å². The summed E-state index contributed by atoms with van der Waals surface area (Å²) in [4.78, 5) is 18.5. The molecule has 3 N–H and O–H groups in total. The average Bonchev–Trinajstić information content (AvgIpc) is 2.87. The zero-order chi connectivity index (χ0) is 14.0. The van der Waals surface area contributed by atoms with Crippen molar-refractivity contribution in [2.45, 2.75) is 20.3 Å². The van der Waals surface area contributed by atoms with Crippen molar-refractivity contribution < 1.29 is 4.79 Å². The average molecular weight is 327 g/mol. The smallest absolute Gasteiger partial charge is 0.257 e.